The Kier molecular flexibility index (Phi) is 11.1. The van der Waals surface area contributed by atoms with Gasteiger partial charge in [0, 0.05) is 57.9 Å². The maximum atomic E-state index is 14.0. The number of fused-ring (bicyclic) bond motifs is 1. The van der Waals surface area contributed by atoms with Gasteiger partial charge in [-0.05, 0) is 37.8 Å². The van der Waals surface area contributed by atoms with Crippen molar-refractivity contribution in [2.45, 2.75) is 62.9 Å². The van der Waals surface area contributed by atoms with E-state index in [1.807, 2.05) is 30.3 Å². The SMILES string of the molecule is O=C1NCCOCCOCC(=O)N(C2CCN(C3CCOCC3)CC2)CC(=O)N2C[C@@H](n3cc(COc4ccccc4)nn3)C[C@@H]12. The summed E-state index contributed by atoms with van der Waals surface area (Å²) in [6, 6.07) is 8.91. The number of para-hydroxylation sites is 1. The molecule has 14 heteroatoms. The Morgan fingerprint density at radius 3 is 2.39 bits per heavy atom. The molecule has 4 aliphatic rings. The third-order valence-electron chi connectivity index (χ3n) is 9.38. The molecule has 4 saturated heterocycles. The highest BCUT2D eigenvalue weighted by molar-refractivity contribution is 5.91. The second-order valence-corrected chi connectivity index (χ2v) is 12.3. The first kappa shape index (κ1) is 32.4. The fraction of sp³-hybridized carbons (Fsp3) is 0.656. The van der Waals surface area contributed by atoms with E-state index < -0.39 is 6.04 Å². The van der Waals surface area contributed by atoms with E-state index >= 15 is 0 Å². The molecule has 14 nitrogen and oxygen atoms in total. The molecule has 4 aliphatic heterocycles. The number of rotatable bonds is 6. The standard InChI is InChI=1S/C32H45N7O7/c40-30-21-37(26-6-11-36(12-7-26)25-8-13-43-14-9-25)31(41)23-45-17-16-44-15-10-33-32(42)29-18-27(20-38(29)30)39-19-24(34-35-39)22-46-28-4-2-1-3-5-28/h1-5,19,25-27,29H,6-18,20-23H2,(H,33,42)/t27-,29-/m0/s1. The second-order valence-electron chi connectivity index (χ2n) is 12.3. The second kappa shape index (κ2) is 15.8. The molecule has 0 unspecified atom stereocenters. The Balaban J connectivity index is 1.14. The fourth-order valence-electron chi connectivity index (χ4n) is 6.86. The first-order valence-electron chi connectivity index (χ1n) is 16.5. The minimum atomic E-state index is -0.709. The van der Waals surface area contributed by atoms with Crippen molar-refractivity contribution >= 4 is 17.7 Å². The Bertz CT molecular complexity index is 1300. The molecule has 46 heavy (non-hydrogen) atoms. The molecule has 2 atom stereocenters. The predicted octanol–water partition coefficient (Wildman–Crippen LogP) is 0.634. The van der Waals surface area contributed by atoms with Gasteiger partial charge in [0.1, 0.15) is 37.2 Å². The molecular weight excluding hydrogens is 594 g/mol. The predicted molar refractivity (Wildman–Crippen MR) is 165 cm³/mol. The van der Waals surface area contributed by atoms with Gasteiger partial charge in [-0.15, -0.1) is 5.10 Å². The van der Waals surface area contributed by atoms with E-state index in [0.717, 1.165) is 57.7 Å². The van der Waals surface area contributed by atoms with E-state index in [0.29, 0.717) is 37.9 Å². The Hall–Kier alpha value is -3.59. The zero-order valence-electron chi connectivity index (χ0n) is 26.3. The average Bonchev–Trinajstić information content (AvgIpc) is 3.76. The summed E-state index contributed by atoms with van der Waals surface area (Å²) in [6.45, 7) is 4.78. The highest BCUT2D eigenvalue weighted by atomic mass is 16.5. The van der Waals surface area contributed by atoms with Crippen LogP contribution in [0, 0.1) is 0 Å². The van der Waals surface area contributed by atoms with Crippen LogP contribution in [0.3, 0.4) is 0 Å². The van der Waals surface area contributed by atoms with E-state index in [2.05, 4.69) is 20.5 Å². The largest absolute Gasteiger partial charge is 0.487 e. The average molecular weight is 640 g/mol. The minimum Gasteiger partial charge on any atom is -0.487 e. The van der Waals surface area contributed by atoms with E-state index in [4.69, 9.17) is 18.9 Å². The van der Waals surface area contributed by atoms with Crippen molar-refractivity contribution in [2.24, 2.45) is 0 Å². The lowest BCUT2D eigenvalue weighted by Gasteiger charge is -2.42. The molecule has 2 aromatic rings. The van der Waals surface area contributed by atoms with Crippen LogP contribution in [-0.2, 0) is 35.2 Å². The number of benzene rings is 1. The summed E-state index contributed by atoms with van der Waals surface area (Å²) in [5, 5.41) is 11.5. The molecule has 0 spiro atoms. The molecule has 0 bridgehead atoms. The molecule has 1 N–H and O–H groups in total. The number of amides is 3. The van der Waals surface area contributed by atoms with Crippen molar-refractivity contribution in [1.82, 2.24) is 35.0 Å². The molecular formula is C32H45N7O7. The van der Waals surface area contributed by atoms with Crippen LogP contribution in [0.25, 0.3) is 0 Å². The minimum absolute atomic E-state index is 0.0868. The number of carbonyl (C=O) groups is 3. The molecule has 6 rings (SSSR count). The maximum absolute atomic E-state index is 14.0. The number of hydrogen-bond acceptors (Lipinski definition) is 10. The summed E-state index contributed by atoms with van der Waals surface area (Å²) in [5.74, 6) is 0.000320. The zero-order valence-corrected chi connectivity index (χ0v) is 26.3. The van der Waals surface area contributed by atoms with Gasteiger partial charge in [0.15, 0.2) is 0 Å². The number of aromatic nitrogens is 3. The van der Waals surface area contributed by atoms with E-state index in [1.165, 1.54) is 0 Å². The van der Waals surface area contributed by atoms with Crippen LogP contribution < -0.4 is 10.1 Å². The third kappa shape index (κ3) is 8.21. The summed E-state index contributed by atoms with van der Waals surface area (Å²) >= 11 is 0. The Morgan fingerprint density at radius 2 is 1.59 bits per heavy atom. The van der Waals surface area contributed by atoms with Gasteiger partial charge in [-0.25, -0.2) is 4.68 Å². The third-order valence-corrected chi connectivity index (χ3v) is 9.38. The van der Waals surface area contributed by atoms with Gasteiger partial charge in [0.25, 0.3) is 0 Å². The number of piperidine rings is 1. The van der Waals surface area contributed by atoms with E-state index in [9.17, 15) is 14.4 Å². The summed E-state index contributed by atoms with van der Waals surface area (Å²) in [4.78, 5) is 46.7. The number of likely N-dealkylation sites (tertiary alicyclic amines) is 1. The van der Waals surface area contributed by atoms with E-state index in [-0.39, 0.29) is 62.7 Å². The van der Waals surface area contributed by atoms with Crippen LogP contribution in [0.4, 0.5) is 0 Å². The highest BCUT2D eigenvalue weighted by Gasteiger charge is 2.42. The van der Waals surface area contributed by atoms with Gasteiger partial charge in [-0.2, -0.15) is 0 Å². The quantitative estimate of drug-likeness (QED) is 0.479. The molecule has 1 aromatic carbocycles. The van der Waals surface area contributed by atoms with Gasteiger partial charge in [0.05, 0.1) is 32.1 Å². The first-order chi connectivity index (χ1) is 22.5. The number of carbonyl (C=O) groups excluding carboxylic acids is 3. The van der Waals surface area contributed by atoms with Crippen molar-refractivity contribution < 1.29 is 33.3 Å². The molecule has 1 aromatic heterocycles. The smallest absolute Gasteiger partial charge is 0.249 e. The Morgan fingerprint density at radius 1 is 0.826 bits per heavy atom. The Labute approximate surface area is 269 Å². The van der Waals surface area contributed by atoms with Gasteiger partial charge >= 0.3 is 0 Å². The topological polar surface area (TPSA) is 141 Å². The van der Waals surface area contributed by atoms with Crippen LogP contribution >= 0.6 is 0 Å². The van der Waals surface area contributed by atoms with Gasteiger partial charge in [0.2, 0.25) is 17.7 Å². The van der Waals surface area contributed by atoms with Crippen LogP contribution in [0.15, 0.2) is 36.5 Å². The fourth-order valence-corrected chi connectivity index (χ4v) is 6.86. The monoisotopic (exact) mass is 639 g/mol. The van der Waals surface area contributed by atoms with Gasteiger partial charge in [-0.3, -0.25) is 14.4 Å². The van der Waals surface area contributed by atoms with Crippen molar-refractivity contribution in [2.75, 3.05) is 72.4 Å². The summed E-state index contributed by atoms with van der Waals surface area (Å²) in [7, 11) is 0. The van der Waals surface area contributed by atoms with E-state index in [1.54, 1.807) is 20.7 Å². The van der Waals surface area contributed by atoms with Gasteiger partial charge in [-0.1, -0.05) is 23.4 Å². The molecule has 0 radical (unpaired) electrons. The molecule has 3 amide bonds. The van der Waals surface area contributed by atoms with Crippen molar-refractivity contribution in [1.29, 1.82) is 0 Å². The number of hydrogen-bond donors (Lipinski definition) is 1. The normalized spacial score (nSPS) is 25.5. The number of nitrogens with one attached hydrogen (secondary N) is 1. The lowest BCUT2D eigenvalue weighted by molar-refractivity contribution is -0.148. The summed E-state index contributed by atoms with van der Waals surface area (Å²) < 4.78 is 24.3. The summed E-state index contributed by atoms with van der Waals surface area (Å²) in [5.41, 5.74) is 0.644. The van der Waals surface area contributed by atoms with Crippen LogP contribution in [-0.4, -0.2) is 138 Å². The summed E-state index contributed by atoms with van der Waals surface area (Å²) in [6.07, 6.45) is 5.78. The molecule has 0 aliphatic carbocycles. The van der Waals surface area contributed by atoms with Crippen molar-refractivity contribution in [3.63, 3.8) is 0 Å². The van der Waals surface area contributed by atoms with Crippen LogP contribution in [0.5, 0.6) is 5.75 Å². The highest BCUT2D eigenvalue weighted by Crippen LogP contribution is 2.29. The van der Waals surface area contributed by atoms with Crippen LogP contribution in [0.2, 0.25) is 0 Å². The van der Waals surface area contributed by atoms with Crippen molar-refractivity contribution in [3.05, 3.63) is 42.2 Å². The molecule has 4 fully saturated rings. The van der Waals surface area contributed by atoms with Gasteiger partial charge < -0.3 is 39.0 Å². The maximum Gasteiger partial charge on any atom is 0.249 e. The zero-order chi connectivity index (χ0) is 31.7. The van der Waals surface area contributed by atoms with Crippen LogP contribution in [0.1, 0.15) is 43.8 Å². The lowest BCUT2D eigenvalue weighted by atomic mass is 9.98. The molecule has 250 valence electrons. The number of ether oxygens (including phenoxy) is 4. The number of nitrogens with zero attached hydrogens (tertiary/aromatic N) is 6. The molecule has 0 saturated carbocycles. The lowest BCUT2D eigenvalue weighted by Crippen LogP contribution is -2.55. The first-order valence-corrected chi connectivity index (χ1v) is 16.5. The molecule has 5 heterocycles. The van der Waals surface area contributed by atoms with Crippen molar-refractivity contribution in [3.8, 4) is 5.75 Å².